The number of carbonyl (C=O) groups excluding carboxylic acids is 1. The van der Waals surface area contributed by atoms with Gasteiger partial charge < -0.3 is 15.2 Å². The number of halogens is 1. The molecule has 0 rings (SSSR count). The fourth-order valence-corrected chi connectivity index (χ4v) is 0.367. The molecule has 11 heavy (non-hydrogen) atoms. The van der Waals surface area contributed by atoms with Crippen molar-refractivity contribution >= 4 is 12.1 Å². The van der Waals surface area contributed by atoms with Gasteiger partial charge in [0.25, 0.3) is 0 Å². The second kappa shape index (κ2) is 4.48. The number of carboxylic acids is 1. The minimum absolute atomic E-state index is 0.963. The first-order chi connectivity index (χ1) is 5.11. The first kappa shape index (κ1) is 9.67. The van der Waals surface area contributed by atoms with Gasteiger partial charge >= 0.3 is 12.1 Å². The summed E-state index contributed by atoms with van der Waals surface area (Å²) in [5.74, 6) is -1.43. The van der Waals surface area contributed by atoms with E-state index < -0.39 is 24.8 Å². The van der Waals surface area contributed by atoms with Gasteiger partial charge in [0.05, 0.1) is 7.11 Å². The molecule has 0 unspecified atom stereocenters. The second-order valence-corrected chi connectivity index (χ2v) is 1.68. The number of hydrogen-bond acceptors (Lipinski definition) is 3. The number of methoxy groups -OCH3 is 1. The van der Waals surface area contributed by atoms with Crippen LogP contribution in [-0.2, 0) is 9.53 Å². The van der Waals surface area contributed by atoms with E-state index in [1.165, 1.54) is 0 Å². The van der Waals surface area contributed by atoms with Gasteiger partial charge in [-0.15, -0.1) is 0 Å². The number of rotatable bonds is 3. The SMILES string of the molecule is COC(=O)N[C@@H](CF)C(=O)O. The third-order valence-corrected chi connectivity index (χ3v) is 0.930. The zero-order chi connectivity index (χ0) is 8.85. The minimum Gasteiger partial charge on any atom is -0.480 e. The standard InChI is InChI=1S/C5H8FNO4/c1-11-5(10)7-3(2-6)4(8)9/h3H,2H2,1H3,(H,7,10)(H,8,9)/t3-/m0/s1. The molecule has 0 heterocycles. The maximum Gasteiger partial charge on any atom is 0.407 e. The van der Waals surface area contributed by atoms with Gasteiger partial charge in [-0.1, -0.05) is 0 Å². The Hall–Kier alpha value is -1.33. The largest absolute Gasteiger partial charge is 0.480 e. The van der Waals surface area contributed by atoms with Gasteiger partial charge in [0.2, 0.25) is 0 Å². The zero-order valence-electron chi connectivity index (χ0n) is 5.83. The maximum atomic E-state index is 11.8. The normalized spacial score (nSPS) is 11.8. The molecule has 0 aliphatic rings. The molecule has 0 aromatic rings. The van der Waals surface area contributed by atoms with Crippen LogP contribution in [0.4, 0.5) is 9.18 Å². The first-order valence-electron chi connectivity index (χ1n) is 2.75. The van der Waals surface area contributed by atoms with Gasteiger partial charge in [0.1, 0.15) is 6.67 Å². The van der Waals surface area contributed by atoms with Crippen LogP contribution in [0.2, 0.25) is 0 Å². The van der Waals surface area contributed by atoms with Gasteiger partial charge in [-0.05, 0) is 0 Å². The van der Waals surface area contributed by atoms with Crippen molar-refractivity contribution in [3.8, 4) is 0 Å². The van der Waals surface area contributed by atoms with E-state index in [1.807, 2.05) is 0 Å². The quantitative estimate of drug-likeness (QED) is 0.605. The molecular formula is C5H8FNO4. The molecule has 0 aliphatic heterocycles. The maximum absolute atomic E-state index is 11.8. The van der Waals surface area contributed by atoms with Gasteiger partial charge in [0.15, 0.2) is 6.04 Å². The smallest absolute Gasteiger partial charge is 0.407 e. The molecule has 0 radical (unpaired) electrons. The van der Waals surface area contributed by atoms with E-state index in [1.54, 1.807) is 5.32 Å². The summed E-state index contributed by atoms with van der Waals surface area (Å²) in [5.41, 5.74) is 0. The lowest BCUT2D eigenvalue weighted by Gasteiger charge is -2.08. The van der Waals surface area contributed by atoms with E-state index in [0.717, 1.165) is 7.11 Å². The van der Waals surface area contributed by atoms with Crippen LogP contribution in [0.15, 0.2) is 0 Å². The lowest BCUT2D eigenvalue weighted by molar-refractivity contribution is -0.139. The number of ether oxygens (including phenoxy) is 1. The average Bonchev–Trinajstić information content (AvgIpc) is 1.99. The lowest BCUT2D eigenvalue weighted by atomic mass is 10.3. The van der Waals surface area contributed by atoms with Crippen LogP contribution in [0.5, 0.6) is 0 Å². The van der Waals surface area contributed by atoms with Crippen LogP contribution in [0.1, 0.15) is 0 Å². The molecule has 0 spiro atoms. The van der Waals surface area contributed by atoms with Crippen LogP contribution in [0.25, 0.3) is 0 Å². The molecule has 0 aliphatic carbocycles. The van der Waals surface area contributed by atoms with E-state index in [2.05, 4.69) is 4.74 Å². The molecule has 5 nitrogen and oxygen atoms in total. The van der Waals surface area contributed by atoms with Crippen molar-refractivity contribution in [1.82, 2.24) is 5.32 Å². The highest BCUT2D eigenvalue weighted by Gasteiger charge is 2.19. The number of alkyl halides is 1. The highest BCUT2D eigenvalue weighted by atomic mass is 19.1. The lowest BCUT2D eigenvalue weighted by Crippen LogP contribution is -2.42. The van der Waals surface area contributed by atoms with Crippen molar-refractivity contribution < 1.29 is 23.8 Å². The Kier molecular flexibility index (Phi) is 3.94. The predicted octanol–water partition coefficient (Wildman–Crippen LogP) is -0.235. The van der Waals surface area contributed by atoms with E-state index in [0.29, 0.717) is 0 Å². The molecule has 0 saturated heterocycles. The van der Waals surface area contributed by atoms with Crippen molar-refractivity contribution in [2.45, 2.75) is 6.04 Å². The molecule has 0 aromatic carbocycles. The Labute approximate surface area is 62.1 Å². The Balaban J connectivity index is 3.88. The van der Waals surface area contributed by atoms with E-state index in [9.17, 15) is 14.0 Å². The summed E-state index contributed by atoms with van der Waals surface area (Å²) < 4.78 is 15.8. The number of alkyl carbamates (subject to hydrolysis) is 1. The van der Waals surface area contributed by atoms with Crippen molar-refractivity contribution in [3.63, 3.8) is 0 Å². The van der Waals surface area contributed by atoms with Crippen LogP contribution in [0.3, 0.4) is 0 Å². The number of hydrogen-bond donors (Lipinski definition) is 2. The third kappa shape index (κ3) is 3.39. The van der Waals surface area contributed by atoms with Gasteiger partial charge in [-0.2, -0.15) is 0 Å². The zero-order valence-corrected chi connectivity index (χ0v) is 5.83. The Morgan fingerprint density at radius 3 is 2.55 bits per heavy atom. The number of carbonyl (C=O) groups is 2. The molecule has 0 saturated carbocycles. The highest BCUT2D eigenvalue weighted by molar-refractivity contribution is 5.79. The van der Waals surface area contributed by atoms with Crippen LogP contribution >= 0.6 is 0 Å². The summed E-state index contributed by atoms with van der Waals surface area (Å²) in [5, 5.41) is 9.99. The van der Waals surface area contributed by atoms with Gasteiger partial charge in [0, 0.05) is 0 Å². The number of amides is 1. The van der Waals surface area contributed by atoms with Crippen LogP contribution in [0, 0.1) is 0 Å². The molecule has 0 aromatic heterocycles. The number of nitrogens with one attached hydrogen (secondary N) is 1. The summed E-state index contributed by atoms with van der Waals surface area (Å²) in [6.45, 7) is -1.16. The molecule has 1 amide bonds. The molecule has 2 N–H and O–H groups in total. The second-order valence-electron chi connectivity index (χ2n) is 1.68. The predicted molar refractivity (Wildman–Crippen MR) is 32.9 cm³/mol. The average molecular weight is 165 g/mol. The van der Waals surface area contributed by atoms with Crippen molar-refractivity contribution in [3.05, 3.63) is 0 Å². The summed E-state index contributed by atoms with van der Waals surface area (Å²) in [7, 11) is 1.06. The summed E-state index contributed by atoms with van der Waals surface area (Å²) >= 11 is 0. The minimum atomic E-state index is -1.53. The molecule has 64 valence electrons. The van der Waals surface area contributed by atoms with Crippen molar-refractivity contribution in [2.75, 3.05) is 13.8 Å². The monoisotopic (exact) mass is 165 g/mol. The molecule has 0 bridgehead atoms. The molecular weight excluding hydrogens is 157 g/mol. The summed E-state index contributed by atoms with van der Waals surface area (Å²) in [4.78, 5) is 20.4. The Bertz CT molecular complexity index is 161. The topological polar surface area (TPSA) is 75.6 Å². The van der Waals surface area contributed by atoms with Crippen LogP contribution in [-0.4, -0.2) is 37.0 Å². The van der Waals surface area contributed by atoms with E-state index in [4.69, 9.17) is 5.11 Å². The van der Waals surface area contributed by atoms with E-state index in [-0.39, 0.29) is 0 Å². The number of carboxylic acid groups (broad SMARTS) is 1. The summed E-state index contributed by atoms with van der Waals surface area (Å²) in [6.07, 6.45) is -0.963. The Morgan fingerprint density at radius 2 is 2.27 bits per heavy atom. The van der Waals surface area contributed by atoms with Crippen molar-refractivity contribution in [2.24, 2.45) is 0 Å². The first-order valence-corrected chi connectivity index (χ1v) is 2.75. The van der Waals surface area contributed by atoms with Crippen LogP contribution < -0.4 is 5.32 Å². The van der Waals surface area contributed by atoms with E-state index >= 15 is 0 Å². The highest BCUT2D eigenvalue weighted by Crippen LogP contribution is 1.86. The molecule has 0 fully saturated rings. The Morgan fingerprint density at radius 1 is 1.73 bits per heavy atom. The third-order valence-electron chi connectivity index (χ3n) is 0.930. The molecule has 1 atom stereocenters. The number of aliphatic carboxylic acids is 1. The summed E-state index contributed by atoms with van der Waals surface area (Å²) in [6, 6.07) is -1.53. The fourth-order valence-electron chi connectivity index (χ4n) is 0.367. The van der Waals surface area contributed by atoms with Gasteiger partial charge in [-0.25, -0.2) is 14.0 Å². The van der Waals surface area contributed by atoms with Gasteiger partial charge in [-0.3, -0.25) is 0 Å². The molecule has 6 heteroatoms. The van der Waals surface area contributed by atoms with Crippen molar-refractivity contribution in [1.29, 1.82) is 0 Å². The fraction of sp³-hybridized carbons (Fsp3) is 0.600.